The summed E-state index contributed by atoms with van der Waals surface area (Å²) in [5, 5.41) is 30.4. The first-order chi connectivity index (χ1) is 15.0. The number of anilines is 1. The molecule has 2 aromatic heterocycles. The van der Waals surface area contributed by atoms with Crippen molar-refractivity contribution in [2.75, 3.05) is 12.3 Å². The van der Waals surface area contributed by atoms with E-state index in [1.54, 1.807) is 37.5 Å². The maximum absolute atomic E-state index is 11.7. The summed E-state index contributed by atoms with van der Waals surface area (Å²) in [6.07, 6.45) is 4.69. The van der Waals surface area contributed by atoms with Crippen LogP contribution in [-0.4, -0.2) is 28.8 Å². The zero-order valence-corrected chi connectivity index (χ0v) is 19.0. The van der Waals surface area contributed by atoms with Gasteiger partial charge in [0.25, 0.3) is 0 Å². The Balaban J connectivity index is 0.000000311. The average molecular weight is 483 g/mol. The Labute approximate surface area is 201 Å². The molecular weight excluding hydrogens is 463 g/mol. The summed E-state index contributed by atoms with van der Waals surface area (Å²) in [5.74, 6) is -0.0571. The van der Waals surface area contributed by atoms with E-state index >= 15 is 0 Å². The second-order valence-electron chi connectivity index (χ2n) is 6.23. The Kier molecular flexibility index (Phi) is 10.6. The van der Waals surface area contributed by atoms with Crippen molar-refractivity contribution in [3.05, 3.63) is 66.5 Å². The molecule has 4 aromatic rings. The van der Waals surface area contributed by atoms with Gasteiger partial charge < -0.3 is 31.9 Å². The molecule has 167 valence electrons. The van der Waals surface area contributed by atoms with E-state index in [0.29, 0.717) is 6.61 Å². The number of nitrogens with zero attached hydrogens (tertiary/aromatic N) is 4. The Morgan fingerprint density at radius 3 is 2.48 bits per heavy atom. The summed E-state index contributed by atoms with van der Waals surface area (Å²) in [6, 6.07) is 13.5. The van der Waals surface area contributed by atoms with Crippen LogP contribution in [0.25, 0.3) is 21.8 Å². The number of para-hydroxylation sites is 1. The molecule has 0 spiro atoms. The van der Waals surface area contributed by atoms with Crippen LogP contribution >= 0.6 is 0 Å². The number of nitrogens with two attached hydrogens (primary N) is 2. The average Bonchev–Trinajstić information content (AvgIpc) is 2.77. The number of hydrogen-bond acceptors (Lipinski definition) is 8. The van der Waals surface area contributed by atoms with Gasteiger partial charge in [0.1, 0.15) is 5.75 Å². The molecule has 11 heteroatoms. The standard InChI is InChI=1S/C12H9N3.C10H13N3O3.O.V/c13-10-7-8-3-1-5-14-11(8)12-9(10)4-2-6-15-12;1-2-16-8-5-3-4-7(9(8)14)6-12-13-10(11)15;;/h1-7H,13H2;3-6,14H,2H2,1H3,(H3,11,13,15);;/q;;-2;+4/p-2/b;12-6+;;. The molecule has 4 N–H and O–H groups in total. The van der Waals surface area contributed by atoms with Gasteiger partial charge in [0.15, 0.2) is 0 Å². The molecule has 0 aliphatic rings. The van der Waals surface area contributed by atoms with E-state index in [1.807, 2.05) is 30.3 Å². The number of pyridine rings is 2. The Bertz CT molecular complexity index is 1260. The Hall–Kier alpha value is -3.86. The third-order valence-corrected chi connectivity index (χ3v) is 4.16. The molecule has 2 aromatic carbocycles. The van der Waals surface area contributed by atoms with Crippen LogP contribution in [0.5, 0.6) is 11.5 Å². The molecular formula is C22H20N6O4V. The van der Waals surface area contributed by atoms with Gasteiger partial charge in [0, 0.05) is 28.9 Å². The van der Waals surface area contributed by atoms with Crippen LogP contribution in [0.2, 0.25) is 0 Å². The maximum atomic E-state index is 11.7. The van der Waals surface area contributed by atoms with Crippen LogP contribution in [0.3, 0.4) is 0 Å². The molecule has 0 saturated heterocycles. The smallest absolute Gasteiger partial charge is 2.00 e. The van der Waals surface area contributed by atoms with Gasteiger partial charge in [0.2, 0.25) is 0 Å². The van der Waals surface area contributed by atoms with Crippen LogP contribution in [-0.2, 0) is 24.0 Å². The van der Waals surface area contributed by atoms with Crippen LogP contribution < -0.4 is 26.4 Å². The summed E-state index contributed by atoms with van der Waals surface area (Å²) >= 11 is 0. The van der Waals surface area contributed by atoms with E-state index in [-0.39, 0.29) is 41.1 Å². The minimum Gasteiger partial charge on any atom is -2.00 e. The number of fused-ring (bicyclic) bond motifs is 3. The zero-order chi connectivity index (χ0) is 22.2. The van der Waals surface area contributed by atoms with E-state index in [0.717, 1.165) is 33.7 Å². The van der Waals surface area contributed by atoms with Gasteiger partial charge in [0.05, 0.1) is 29.9 Å². The first-order valence-electron chi connectivity index (χ1n) is 9.35. The number of nitrogen functional groups attached to an aromatic ring is 1. The van der Waals surface area contributed by atoms with Crippen LogP contribution in [0, 0.1) is 0 Å². The van der Waals surface area contributed by atoms with Crippen molar-refractivity contribution in [1.29, 1.82) is 0 Å². The third kappa shape index (κ3) is 6.81. The van der Waals surface area contributed by atoms with Crippen molar-refractivity contribution in [3.63, 3.8) is 0 Å². The predicted molar refractivity (Wildman–Crippen MR) is 118 cm³/mol. The fraction of sp³-hybridized carbons (Fsp3) is 0.0909. The van der Waals surface area contributed by atoms with Gasteiger partial charge in [-0.25, -0.2) is 0 Å². The van der Waals surface area contributed by atoms with Gasteiger partial charge in [-0.05, 0) is 42.8 Å². The van der Waals surface area contributed by atoms with Crippen molar-refractivity contribution >= 4 is 39.7 Å². The molecule has 0 saturated carbocycles. The maximum Gasteiger partial charge on any atom is 4.00 e. The monoisotopic (exact) mass is 483 g/mol. The molecule has 0 unspecified atom stereocenters. The van der Waals surface area contributed by atoms with E-state index in [2.05, 4.69) is 20.2 Å². The molecule has 4 rings (SSSR count). The molecule has 0 atom stereocenters. The molecule has 2 heterocycles. The van der Waals surface area contributed by atoms with E-state index < -0.39 is 6.02 Å². The van der Waals surface area contributed by atoms with Gasteiger partial charge in [-0.2, -0.15) is 5.10 Å². The van der Waals surface area contributed by atoms with E-state index in [9.17, 15) is 10.2 Å². The normalized spacial score (nSPS) is 10.8. The summed E-state index contributed by atoms with van der Waals surface area (Å²) < 4.78 is 5.11. The minimum absolute atomic E-state index is 0. The molecule has 0 fully saturated rings. The number of rotatable bonds is 4. The van der Waals surface area contributed by atoms with Gasteiger partial charge in [-0.15, -0.1) is 5.10 Å². The first kappa shape index (κ1) is 27.2. The van der Waals surface area contributed by atoms with Crippen LogP contribution in [0.4, 0.5) is 5.69 Å². The molecule has 33 heavy (non-hydrogen) atoms. The Morgan fingerprint density at radius 2 is 1.79 bits per heavy atom. The molecule has 1 radical (unpaired) electrons. The number of amidine groups is 1. The summed E-state index contributed by atoms with van der Waals surface area (Å²) in [4.78, 5) is 8.66. The van der Waals surface area contributed by atoms with Gasteiger partial charge in [-0.1, -0.05) is 23.9 Å². The topological polar surface area (TPSA) is 186 Å². The fourth-order valence-electron chi connectivity index (χ4n) is 2.86. The summed E-state index contributed by atoms with van der Waals surface area (Å²) in [6.45, 7) is 2.18. The van der Waals surface area contributed by atoms with Crippen molar-refractivity contribution < 1.29 is 39.0 Å². The largest absolute Gasteiger partial charge is 4.00 e. The molecule has 10 nitrogen and oxygen atoms in total. The van der Waals surface area contributed by atoms with Crippen LogP contribution in [0.1, 0.15) is 12.5 Å². The van der Waals surface area contributed by atoms with Crippen molar-refractivity contribution in [1.82, 2.24) is 9.97 Å². The molecule has 0 bridgehead atoms. The van der Waals surface area contributed by atoms with Gasteiger partial charge in [-0.3, -0.25) is 9.97 Å². The second-order valence-corrected chi connectivity index (χ2v) is 6.23. The van der Waals surface area contributed by atoms with Crippen molar-refractivity contribution in [3.8, 4) is 11.5 Å². The number of aromatic nitrogens is 2. The second kappa shape index (κ2) is 12.9. The van der Waals surface area contributed by atoms with E-state index in [4.69, 9.17) is 16.2 Å². The van der Waals surface area contributed by atoms with Gasteiger partial charge >= 0.3 is 18.6 Å². The van der Waals surface area contributed by atoms with Crippen LogP contribution in [0.15, 0.2) is 71.1 Å². The third-order valence-electron chi connectivity index (χ3n) is 4.16. The molecule has 0 amide bonds. The quantitative estimate of drug-likeness (QED) is 0.144. The first-order valence-corrected chi connectivity index (χ1v) is 9.35. The summed E-state index contributed by atoms with van der Waals surface area (Å²) in [5.41, 5.74) is 13.5. The zero-order valence-electron chi connectivity index (χ0n) is 17.6. The number of benzene rings is 2. The number of hydrogen-bond donors (Lipinski definition) is 2. The predicted octanol–water partition coefficient (Wildman–Crippen LogP) is 1.41. The van der Waals surface area contributed by atoms with Crippen molar-refractivity contribution in [2.24, 2.45) is 15.9 Å². The SMILES string of the molecule is CCOc1cccc(/C=N/N=C(/N)[O-])c1[O-].Nc1cc2cccnc2c2ncccc12.[O-2].[V+4]. The molecule has 0 aliphatic carbocycles. The molecule has 0 aliphatic heterocycles. The minimum atomic E-state index is -0.912. The summed E-state index contributed by atoms with van der Waals surface area (Å²) in [7, 11) is 0. The van der Waals surface area contributed by atoms with E-state index in [1.165, 1.54) is 0 Å². The Morgan fingerprint density at radius 1 is 1.09 bits per heavy atom. The fourth-order valence-corrected chi connectivity index (χ4v) is 2.86. The number of ether oxygens (including phenoxy) is 1. The van der Waals surface area contributed by atoms with Crippen molar-refractivity contribution in [2.45, 2.75) is 6.92 Å².